The van der Waals surface area contributed by atoms with Crippen LogP contribution in [0.15, 0.2) is 12.3 Å². The van der Waals surface area contributed by atoms with Gasteiger partial charge >= 0.3 is 0 Å². The first kappa shape index (κ1) is 12.4. The molecule has 0 saturated carbocycles. The zero-order valence-electron chi connectivity index (χ0n) is 9.51. The molecule has 2 N–H and O–H groups in total. The van der Waals surface area contributed by atoms with Crippen LogP contribution in [0, 0.1) is 5.82 Å². The maximum atomic E-state index is 13.0. The number of anilines is 1. The van der Waals surface area contributed by atoms with Gasteiger partial charge in [-0.3, -0.25) is 4.79 Å². The zero-order valence-corrected chi connectivity index (χ0v) is 9.51. The maximum absolute atomic E-state index is 13.0. The Morgan fingerprint density at radius 1 is 1.50 bits per heavy atom. The SMILES string of the molecule is CCCNC(=O)c1cc(F)cnc1NCC. The monoisotopic (exact) mass is 225 g/mol. The quantitative estimate of drug-likeness (QED) is 0.803. The normalized spacial score (nSPS) is 9.94. The lowest BCUT2D eigenvalue weighted by atomic mass is 10.2. The standard InChI is InChI=1S/C11H16FN3O/c1-3-5-14-11(16)9-6-8(12)7-15-10(9)13-4-2/h6-7H,3-5H2,1-2H3,(H,13,15)(H,14,16). The van der Waals surface area contributed by atoms with E-state index >= 15 is 0 Å². The first-order valence-corrected chi connectivity index (χ1v) is 5.36. The Labute approximate surface area is 94.3 Å². The lowest BCUT2D eigenvalue weighted by molar-refractivity contribution is 0.0953. The molecule has 0 radical (unpaired) electrons. The second kappa shape index (κ2) is 6.05. The number of pyridine rings is 1. The number of aromatic nitrogens is 1. The molecule has 0 saturated heterocycles. The minimum absolute atomic E-state index is 0.246. The Kier molecular flexibility index (Phi) is 4.69. The fourth-order valence-corrected chi connectivity index (χ4v) is 1.25. The number of hydrogen-bond acceptors (Lipinski definition) is 3. The highest BCUT2D eigenvalue weighted by molar-refractivity contribution is 5.98. The number of halogens is 1. The van der Waals surface area contributed by atoms with Gasteiger partial charge in [0, 0.05) is 13.1 Å². The van der Waals surface area contributed by atoms with Gasteiger partial charge in [-0.15, -0.1) is 0 Å². The first-order valence-electron chi connectivity index (χ1n) is 5.36. The van der Waals surface area contributed by atoms with Gasteiger partial charge in [0.15, 0.2) is 0 Å². The van der Waals surface area contributed by atoms with E-state index in [9.17, 15) is 9.18 Å². The molecule has 1 amide bonds. The van der Waals surface area contributed by atoms with Crippen molar-refractivity contribution < 1.29 is 9.18 Å². The third-order valence-electron chi connectivity index (χ3n) is 1.98. The van der Waals surface area contributed by atoms with E-state index in [2.05, 4.69) is 15.6 Å². The number of carbonyl (C=O) groups excluding carboxylic acids is 1. The Morgan fingerprint density at radius 3 is 2.88 bits per heavy atom. The van der Waals surface area contributed by atoms with Crippen LogP contribution in [0.25, 0.3) is 0 Å². The molecule has 0 aliphatic heterocycles. The molecular formula is C11H16FN3O. The van der Waals surface area contributed by atoms with E-state index in [1.807, 2.05) is 13.8 Å². The van der Waals surface area contributed by atoms with Crippen LogP contribution in [-0.4, -0.2) is 24.0 Å². The van der Waals surface area contributed by atoms with E-state index in [4.69, 9.17) is 0 Å². The van der Waals surface area contributed by atoms with Crippen molar-refractivity contribution in [1.82, 2.24) is 10.3 Å². The summed E-state index contributed by atoms with van der Waals surface area (Å²) < 4.78 is 13.0. The molecule has 1 heterocycles. The van der Waals surface area contributed by atoms with E-state index in [1.165, 1.54) is 6.07 Å². The van der Waals surface area contributed by atoms with Gasteiger partial charge in [0.25, 0.3) is 5.91 Å². The van der Waals surface area contributed by atoms with Gasteiger partial charge < -0.3 is 10.6 Å². The molecule has 16 heavy (non-hydrogen) atoms. The third kappa shape index (κ3) is 3.18. The topological polar surface area (TPSA) is 54.0 Å². The minimum Gasteiger partial charge on any atom is -0.370 e. The number of carbonyl (C=O) groups is 1. The Hall–Kier alpha value is -1.65. The summed E-state index contributed by atoms with van der Waals surface area (Å²) in [7, 11) is 0. The van der Waals surface area contributed by atoms with Crippen LogP contribution < -0.4 is 10.6 Å². The summed E-state index contributed by atoms with van der Waals surface area (Å²) in [6.45, 7) is 5.04. The van der Waals surface area contributed by atoms with Crippen molar-refractivity contribution in [1.29, 1.82) is 0 Å². The van der Waals surface area contributed by atoms with Gasteiger partial charge in [-0.25, -0.2) is 9.37 Å². The van der Waals surface area contributed by atoms with E-state index in [0.29, 0.717) is 18.9 Å². The third-order valence-corrected chi connectivity index (χ3v) is 1.98. The van der Waals surface area contributed by atoms with Crippen molar-refractivity contribution in [2.24, 2.45) is 0 Å². The first-order chi connectivity index (χ1) is 7.69. The molecule has 88 valence electrons. The van der Waals surface area contributed by atoms with Gasteiger partial charge in [0.1, 0.15) is 11.6 Å². The summed E-state index contributed by atoms with van der Waals surface area (Å²) >= 11 is 0. The van der Waals surface area contributed by atoms with Gasteiger partial charge in [-0.1, -0.05) is 6.92 Å². The Balaban J connectivity index is 2.90. The van der Waals surface area contributed by atoms with E-state index in [-0.39, 0.29) is 11.5 Å². The molecule has 1 aromatic rings. The van der Waals surface area contributed by atoms with Crippen molar-refractivity contribution in [3.8, 4) is 0 Å². The molecule has 0 aliphatic carbocycles. The van der Waals surface area contributed by atoms with Gasteiger partial charge in [0.2, 0.25) is 0 Å². The molecule has 1 aromatic heterocycles. The highest BCUT2D eigenvalue weighted by Crippen LogP contribution is 2.13. The molecule has 0 aromatic carbocycles. The van der Waals surface area contributed by atoms with Crippen LogP contribution in [0.5, 0.6) is 0 Å². The van der Waals surface area contributed by atoms with Crippen LogP contribution in [0.3, 0.4) is 0 Å². The van der Waals surface area contributed by atoms with Crippen LogP contribution >= 0.6 is 0 Å². The number of rotatable bonds is 5. The highest BCUT2D eigenvalue weighted by Gasteiger charge is 2.12. The van der Waals surface area contributed by atoms with Crippen LogP contribution in [0.2, 0.25) is 0 Å². The number of nitrogens with one attached hydrogen (secondary N) is 2. The molecule has 0 unspecified atom stereocenters. The molecule has 0 atom stereocenters. The summed E-state index contributed by atoms with van der Waals surface area (Å²) in [5.41, 5.74) is 0.246. The van der Waals surface area contributed by atoms with Gasteiger partial charge in [-0.2, -0.15) is 0 Å². The van der Waals surface area contributed by atoms with E-state index in [1.54, 1.807) is 0 Å². The second-order valence-electron chi connectivity index (χ2n) is 3.34. The average molecular weight is 225 g/mol. The average Bonchev–Trinajstić information content (AvgIpc) is 2.28. The minimum atomic E-state index is -0.511. The predicted molar refractivity (Wildman–Crippen MR) is 61.0 cm³/mol. The van der Waals surface area contributed by atoms with Crippen LogP contribution in [0.4, 0.5) is 10.2 Å². The Bertz CT molecular complexity index is 368. The van der Waals surface area contributed by atoms with Crippen LogP contribution in [0.1, 0.15) is 30.6 Å². The van der Waals surface area contributed by atoms with Crippen LogP contribution in [-0.2, 0) is 0 Å². The maximum Gasteiger partial charge on any atom is 0.255 e. The molecule has 4 nitrogen and oxygen atoms in total. The predicted octanol–water partition coefficient (Wildman–Crippen LogP) is 1.79. The molecule has 0 fully saturated rings. The summed E-state index contributed by atoms with van der Waals surface area (Å²) in [5, 5.41) is 5.61. The summed E-state index contributed by atoms with van der Waals surface area (Å²) in [6, 6.07) is 1.19. The van der Waals surface area contributed by atoms with Crippen molar-refractivity contribution >= 4 is 11.7 Å². The molecule has 0 spiro atoms. The van der Waals surface area contributed by atoms with Crippen molar-refractivity contribution in [2.75, 3.05) is 18.4 Å². The number of nitrogens with zero attached hydrogens (tertiary/aromatic N) is 1. The summed E-state index contributed by atoms with van der Waals surface area (Å²) in [5.74, 6) is -0.398. The van der Waals surface area contributed by atoms with Crippen molar-refractivity contribution in [3.05, 3.63) is 23.6 Å². The fraction of sp³-hybridized carbons (Fsp3) is 0.455. The highest BCUT2D eigenvalue weighted by atomic mass is 19.1. The zero-order chi connectivity index (χ0) is 12.0. The largest absolute Gasteiger partial charge is 0.370 e. The fourth-order valence-electron chi connectivity index (χ4n) is 1.25. The van der Waals surface area contributed by atoms with E-state index < -0.39 is 5.82 Å². The van der Waals surface area contributed by atoms with Gasteiger partial charge in [0.05, 0.1) is 11.8 Å². The smallest absolute Gasteiger partial charge is 0.255 e. The number of amides is 1. The number of hydrogen-bond donors (Lipinski definition) is 2. The Morgan fingerprint density at radius 2 is 2.25 bits per heavy atom. The van der Waals surface area contributed by atoms with Crippen molar-refractivity contribution in [3.63, 3.8) is 0 Å². The lowest BCUT2D eigenvalue weighted by Crippen LogP contribution is -2.25. The molecule has 0 bridgehead atoms. The summed E-state index contributed by atoms with van der Waals surface area (Å²) in [4.78, 5) is 15.5. The lowest BCUT2D eigenvalue weighted by Gasteiger charge is -2.09. The molecule has 1 rings (SSSR count). The molecular weight excluding hydrogens is 209 g/mol. The van der Waals surface area contributed by atoms with Crippen molar-refractivity contribution in [2.45, 2.75) is 20.3 Å². The summed E-state index contributed by atoms with van der Waals surface area (Å²) in [6.07, 6.45) is 1.93. The second-order valence-corrected chi connectivity index (χ2v) is 3.34. The van der Waals surface area contributed by atoms with Gasteiger partial charge in [-0.05, 0) is 19.4 Å². The van der Waals surface area contributed by atoms with E-state index in [0.717, 1.165) is 12.6 Å². The molecule has 0 aliphatic rings. The molecule has 5 heteroatoms.